The van der Waals surface area contributed by atoms with E-state index in [-0.39, 0.29) is 0 Å². The molecule has 1 unspecified atom stereocenters. The van der Waals surface area contributed by atoms with Gasteiger partial charge in [-0.2, -0.15) is 0 Å². The fourth-order valence-electron chi connectivity index (χ4n) is 2.38. The molecule has 0 saturated carbocycles. The molecule has 94 valence electrons. The van der Waals surface area contributed by atoms with Gasteiger partial charge in [0.1, 0.15) is 5.75 Å². The Labute approximate surface area is 112 Å². The van der Waals surface area contributed by atoms with E-state index < -0.39 is 0 Å². The first-order chi connectivity index (χ1) is 8.20. The number of nitrogens with one attached hydrogen (secondary N) is 1. The second-order valence-electron chi connectivity index (χ2n) is 4.85. The van der Waals surface area contributed by atoms with Crippen molar-refractivity contribution < 1.29 is 4.74 Å². The summed E-state index contributed by atoms with van der Waals surface area (Å²) >= 11 is 3.59. The van der Waals surface area contributed by atoms with Gasteiger partial charge in [-0.15, -0.1) is 0 Å². The Balaban J connectivity index is 2.05. The highest BCUT2D eigenvalue weighted by Gasteiger charge is 2.17. The van der Waals surface area contributed by atoms with Crippen molar-refractivity contribution in [3.8, 4) is 5.75 Å². The molecule has 1 heterocycles. The Morgan fingerprint density at radius 3 is 3.06 bits per heavy atom. The van der Waals surface area contributed by atoms with Gasteiger partial charge < -0.3 is 10.1 Å². The molecular weight excluding hydrogens is 278 g/mol. The maximum absolute atomic E-state index is 5.74. The van der Waals surface area contributed by atoms with Gasteiger partial charge in [0.15, 0.2) is 0 Å². The molecule has 0 spiro atoms. The van der Waals surface area contributed by atoms with Gasteiger partial charge in [-0.3, -0.25) is 0 Å². The summed E-state index contributed by atoms with van der Waals surface area (Å²) < 4.78 is 6.92. The van der Waals surface area contributed by atoms with Crippen molar-refractivity contribution in [3.05, 3.63) is 27.7 Å². The van der Waals surface area contributed by atoms with Crippen LogP contribution in [-0.4, -0.2) is 20.2 Å². The molecule has 2 rings (SSSR count). The molecule has 17 heavy (non-hydrogen) atoms. The topological polar surface area (TPSA) is 21.3 Å². The van der Waals surface area contributed by atoms with Gasteiger partial charge in [-0.25, -0.2) is 0 Å². The van der Waals surface area contributed by atoms with Gasteiger partial charge in [-0.1, -0.05) is 22.9 Å². The van der Waals surface area contributed by atoms with Crippen molar-refractivity contribution >= 4 is 15.9 Å². The monoisotopic (exact) mass is 297 g/mol. The van der Waals surface area contributed by atoms with E-state index >= 15 is 0 Å². The largest absolute Gasteiger partial charge is 0.493 e. The first kappa shape index (κ1) is 12.9. The van der Waals surface area contributed by atoms with E-state index in [1.165, 1.54) is 22.0 Å². The number of hydrogen-bond donors (Lipinski definition) is 1. The van der Waals surface area contributed by atoms with Crippen molar-refractivity contribution in [3.63, 3.8) is 0 Å². The van der Waals surface area contributed by atoms with E-state index in [4.69, 9.17) is 4.74 Å². The first-order valence-electron chi connectivity index (χ1n) is 6.29. The zero-order valence-corrected chi connectivity index (χ0v) is 12.1. The van der Waals surface area contributed by atoms with Crippen LogP contribution in [0.15, 0.2) is 16.6 Å². The summed E-state index contributed by atoms with van der Waals surface area (Å²) in [6.07, 6.45) is 3.35. The van der Waals surface area contributed by atoms with Gasteiger partial charge in [-0.05, 0) is 55.6 Å². The van der Waals surface area contributed by atoms with Crippen molar-refractivity contribution in [2.45, 2.75) is 26.2 Å². The van der Waals surface area contributed by atoms with Crippen molar-refractivity contribution in [2.75, 3.05) is 20.2 Å². The number of aryl methyl sites for hydroxylation is 1. The van der Waals surface area contributed by atoms with Gasteiger partial charge in [0.2, 0.25) is 0 Å². The van der Waals surface area contributed by atoms with Crippen LogP contribution in [0.3, 0.4) is 0 Å². The predicted molar refractivity (Wildman–Crippen MR) is 74.8 cm³/mol. The molecule has 0 aliphatic carbocycles. The summed E-state index contributed by atoms with van der Waals surface area (Å²) in [7, 11) is 2.01. The van der Waals surface area contributed by atoms with E-state index in [0.717, 1.165) is 31.7 Å². The van der Waals surface area contributed by atoms with E-state index in [1.807, 2.05) is 7.05 Å². The summed E-state index contributed by atoms with van der Waals surface area (Å²) in [5, 5.41) is 3.23. The van der Waals surface area contributed by atoms with Crippen LogP contribution < -0.4 is 10.1 Å². The predicted octanol–water partition coefficient (Wildman–Crippen LogP) is 3.17. The Kier molecular flexibility index (Phi) is 4.46. The normalized spacial score (nSPS) is 15.5. The molecule has 0 amide bonds. The van der Waals surface area contributed by atoms with Crippen molar-refractivity contribution in [1.29, 1.82) is 0 Å². The number of ether oxygens (including phenoxy) is 1. The number of rotatable bonds is 5. The quantitative estimate of drug-likeness (QED) is 0.901. The number of benzene rings is 1. The van der Waals surface area contributed by atoms with Crippen LogP contribution in [0, 0.1) is 5.92 Å². The van der Waals surface area contributed by atoms with Gasteiger partial charge in [0, 0.05) is 10.9 Å². The van der Waals surface area contributed by atoms with E-state index in [1.54, 1.807) is 0 Å². The van der Waals surface area contributed by atoms with Gasteiger partial charge in [0.25, 0.3) is 0 Å². The molecule has 0 radical (unpaired) electrons. The summed E-state index contributed by atoms with van der Waals surface area (Å²) in [5.41, 5.74) is 2.71. The average molecular weight is 298 g/mol. The molecule has 2 nitrogen and oxygen atoms in total. The second kappa shape index (κ2) is 5.87. The molecular formula is C14H20BrNO. The number of halogens is 1. The molecule has 0 bridgehead atoms. The summed E-state index contributed by atoms with van der Waals surface area (Å²) in [4.78, 5) is 0. The van der Waals surface area contributed by atoms with Crippen LogP contribution in [0.2, 0.25) is 0 Å². The Morgan fingerprint density at radius 1 is 1.47 bits per heavy atom. The molecule has 0 fully saturated rings. The summed E-state index contributed by atoms with van der Waals surface area (Å²) in [5.74, 6) is 1.85. The molecule has 1 atom stereocenters. The maximum atomic E-state index is 5.74. The Hall–Kier alpha value is -0.540. The fraction of sp³-hybridized carbons (Fsp3) is 0.571. The van der Waals surface area contributed by atoms with E-state index in [9.17, 15) is 0 Å². The lowest BCUT2D eigenvalue weighted by Gasteiger charge is -2.13. The number of hydrogen-bond acceptors (Lipinski definition) is 2. The fourth-order valence-corrected chi connectivity index (χ4v) is 2.94. The highest BCUT2D eigenvalue weighted by Crippen LogP contribution is 2.34. The third-order valence-corrected chi connectivity index (χ3v) is 3.74. The third-order valence-electron chi connectivity index (χ3n) is 3.28. The van der Waals surface area contributed by atoms with Crippen LogP contribution in [0.25, 0.3) is 0 Å². The van der Waals surface area contributed by atoms with Gasteiger partial charge >= 0.3 is 0 Å². The van der Waals surface area contributed by atoms with E-state index in [2.05, 4.69) is 40.3 Å². The Morgan fingerprint density at radius 2 is 2.29 bits per heavy atom. The lowest BCUT2D eigenvalue weighted by molar-refractivity contribution is 0.352. The molecule has 1 N–H and O–H groups in total. The zero-order chi connectivity index (χ0) is 12.3. The Bertz CT molecular complexity index is 392. The minimum atomic E-state index is 0.705. The molecule has 3 heteroatoms. The SMILES string of the molecule is CNCC(C)CCc1cc(Br)cc2c1OCC2. The molecule has 1 aliphatic rings. The average Bonchev–Trinajstić information content (AvgIpc) is 2.74. The smallest absolute Gasteiger partial charge is 0.125 e. The minimum Gasteiger partial charge on any atom is -0.493 e. The van der Waals surface area contributed by atoms with Crippen LogP contribution >= 0.6 is 15.9 Å². The molecule has 1 aliphatic heterocycles. The second-order valence-corrected chi connectivity index (χ2v) is 5.77. The molecule has 0 aromatic heterocycles. The highest BCUT2D eigenvalue weighted by atomic mass is 79.9. The number of fused-ring (bicyclic) bond motifs is 1. The van der Waals surface area contributed by atoms with Crippen LogP contribution in [0.4, 0.5) is 0 Å². The zero-order valence-electron chi connectivity index (χ0n) is 10.6. The van der Waals surface area contributed by atoms with Crippen LogP contribution in [-0.2, 0) is 12.8 Å². The highest BCUT2D eigenvalue weighted by molar-refractivity contribution is 9.10. The van der Waals surface area contributed by atoms with Gasteiger partial charge in [0.05, 0.1) is 6.61 Å². The maximum Gasteiger partial charge on any atom is 0.125 e. The molecule has 1 aromatic carbocycles. The lowest BCUT2D eigenvalue weighted by Crippen LogP contribution is -2.16. The standard InChI is InChI=1S/C14H20BrNO/c1-10(9-16-2)3-4-11-7-13(15)8-12-5-6-17-14(11)12/h7-8,10,16H,3-6,9H2,1-2H3. The summed E-state index contributed by atoms with van der Waals surface area (Å²) in [6.45, 7) is 4.21. The van der Waals surface area contributed by atoms with Crippen molar-refractivity contribution in [1.82, 2.24) is 5.32 Å². The van der Waals surface area contributed by atoms with Crippen molar-refractivity contribution in [2.24, 2.45) is 5.92 Å². The van der Waals surface area contributed by atoms with Crippen LogP contribution in [0.5, 0.6) is 5.75 Å². The molecule has 0 saturated heterocycles. The third kappa shape index (κ3) is 3.23. The lowest BCUT2D eigenvalue weighted by atomic mass is 9.98. The first-order valence-corrected chi connectivity index (χ1v) is 7.08. The van der Waals surface area contributed by atoms with E-state index in [0.29, 0.717) is 5.92 Å². The minimum absolute atomic E-state index is 0.705. The van der Waals surface area contributed by atoms with Crippen LogP contribution in [0.1, 0.15) is 24.5 Å². The summed E-state index contributed by atoms with van der Waals surface area (Å²) in [6, 6.07) is 4.39. The molecule has 1 aromatic rings.